The van der Waals surface area contributed by atoms with Crippen LogP contribution in [0.25, 0.3) is 11.1 Å². The van der Waals surface area contributed by atoms with Crippen molar-refractivity contribution in [3.63, 3.8) is 0 Å². The number of benzene rings is 2. The Morgan fingerprint density at radius 2 is 1.91 bits per heavy atom. The van der Waals surface area contributed by atoms with Crippen molar-refractivity contribution >= 4 is 15.7 Å². The summed E-state index contributed by atoms with van der Waals surface area (Å²) in [6.07, 6.45) is 3.08. The largest absolute Gasteiger partial charge is 0.493 e. The van der Waals surface area contributed by atoms with Gasteiger partial charge in [-0.2, -0.15) is 0 Å². The van der Waals surface area contributed by atoms with Gasteiger partial charge in [0.25, 0.3) is 0 Å². The minimum absolute atomic E-state index is 0.0818. The average Bonchev–Trinajstić information content (AvgIpc) is 3.56. The number of aliphatic hydroxyl groups excluding tert-OH is 1. The lowest BCUT2D eigenvalue weighted by Gasteiger charge is -2.30. The van der Waals surface area contributed by atoms with E-state index >= 15 is 0 Å². The number of ether oxygens (including phenoxy) is 1. The molecule has 0 saturated heterocycles. The summed E-state index contributed by atoms with van der Waals surface area (Å²) >= 11 is 0. The van der Waals surface area contributed by atoms with Gasteiger partial charge in [0.2, 0.25) is 10.0 Å². The van der Waals surface area contributed by atoms with E-state index in [2.05, 4.69) is 9.71 Å². The van der Waals surface area contributed by atoms with Gasteiger partial charge in [0.1, 0.15) is 5.75 Å². The van der Waals surface area contributed by atoms with E-state index in [-0.39, 0.29) is 5.92 Å². The van der Waals surface area contributed by atoms with Gasteiger partial charge in [-0.05, 0) is 56.0 Å². The van der Waals surface area contributed by atoms with Gasteiger partial charge in [-0.25, -0.2) is 8.42 Å². The van der Waals surface area contributed by atoms with Crippen LogP contribution in [0, 0.1) is 5.92 Å². The van der Waals surface area contributed by atoms with Gasteiger partial charge in [0, 0.05) is 28.9 Å². The van der Waals surface area contributed by atoms with Gasteiger partial charge in [0.15, 0.2) is 0 Å². The molecule has 3 aromatic rings. The molecule has 2 atom stereocenters. The lowest BCUT2D eigenvalue weighted by molar-refractivity contribution is 0.0503. The van der Waals surface area contributed by atoms with Crippen molar-refractivity contribution < 1.29 is 18.3 Å². The third-order valence-electron chi connectivity index (χ3n) is 6.51. The molecule has 166 valence electrons. The number of para-hydroxylation sites is 1. The quantitative estimate of drug-likeness (QED) is 0.584. The fraction of sp³-hybridized carbons (Fsp3) is 0.320. The summed E-state index contributed by atoms with van der Waals surface area (Å²) in [5, 5.41) is 10.9. The number of sulfonamides is 1. The summed E-state index contributed by atoms with van der Waals surface area (Å²) in [4.78, 5) is 4.35. The number of hydrogen-bond donors (Lipinski definition) is 2. The first-order valence-electron chi connectivity index (χ1n) is 10.8. The zero-order valence-electron chi connectivity index (χ0n) is 17.9. The standard InChI is InChI=1S/C25H26N2O4S/c1-25(11-12-25)32(29,30)27-22-8-3-2-7-20(22)17-9-10-21-23(15-17)31-16-18(24(21)28)14-19-6-4-5-13-26-19/h2-10,13,15,18,24,27-28H,11-12,14,16H2,1H3. The molecule has 7 heteroatoms. The highest BCUT2D eigenvalue weighted by Crippen LogP contribution is 2.45. The Kier molecular flexibility index (Phi) is 5.18. The van der Waals surface area contributed by atoms with E-state index in [1.807, 2.05) is 54.6 Å². The topological polar surface area (TPSA) is 88.5 Å². The average molecular weight is 451 g/mol. The number of fused-ring (bicyclic) bond motifs is 1. The van der Waals surface area contributed by atoms with Crippen molar-refractivity contribution in [3.8, 4) is 16.9 Å². The number of nitrogens with zero attached hydrogens (tertiary/aromatic N) is 1. The normalized spacial score (nSPS) is 21.3. The number of pyridine rings is 1. The van der Waals surface area contributed by atoms with Crippen LogP contribution in [0.5, 0.6) is 5.75 Å². The van der Waals surface area contributed by atoms with E-state index in [1.165, 1.54) is 0 Å². The molecular weight excluding hydrogens is 424 g/mol. The van der Waals surface area contributed by atoms with Crippen LogP contribution in [-0.2, 0) is 16.4 Å². The van der Waals surface area contributed by atoms with E-state index in [0.29, 0.717) is 37.3 Å². The summed E-state index contributed by atoms with van der Waals surface area (Å²) in [6.45, 7) is 2.16. The van der Waals surface area contributed by atoms with E-state index in [4.69, 9.17) is 4.74 Å². The fourth-order valence-corrected chi connectivity index (χ4v) is 5.46. The van der Waals surface area contributed by atoms with Gasteiger partial charge < -0.3 is 9.84 Å². The third-order valence-corrected chi connectivity index (χ3v) is 8.71. The predicted octanol–water partition coefficient (Wildman–Crippen LogP) is 4.33. The van der Waals surface area contributed by atoms with Crippen LogP contribution in [0.1, 0.15) is 37.1 Å². The Morgan fingerprint density at radius 3 is 2.66 bits per heavy atom. The van der Waals surface area contributed by atoms with Gasteiger partial charge in [-0.15, -0.1) is 0 Å². The summed E-state index contributed by atoms with van der Waals surface area (Å²) < 4.78 is 33.6. The second kappa shape index (κ2) is 7.90. The molecule has 1 aromatic heterocycles. The van der Waals surface area contributed by atoms with Gasteiger partial charge in [0.05, 0.1) is 23.1 Å². The van der Waals surface area contributed by atoms with Crippen molar-refractivity contribution in [1.29, 1.82) is 0 Å². The van der Waals surface area contributed by atoms with Crippen LogP contribution in [0.4, 0.5) is 5.69 Å². The third kappa shape index (κ3) is 3.87. The molecule has 2 N–H and O–H groups in total. The Balaban J connectivity index is 1.41. The molecule has 1 fully saturated rings. The zero-order chi connectivity index (χ0) is 22.3. The lowest BCUT2D eigenvalue weighted by atomic mass is 9.88. The molecule has 0 amide bonds. The van der Waals surface area contributed by atoms with Gasteiger partial charge in [-0.3, -0.25) is 9.71 Å². The van der Waals surface area contributed by atoms with E-state index in [9.17, 15) is 13.5 Å². The monoisotopic (exact) mass is 450 g/mol. The highest BCUT2D eigenvalue weighted by Gasteiger charge is 2.50. The number of aromatic nitrogens is 1. The smallest absolute Gasteiger partial charge is 0.238 e. The second-order valence-electron chi connectivity index (χ2n) is 8.89. The first-order chi connectivity index (χ1) is 15.4. The highest BCUT2D eigenvalue weighted by molar-refractivity contribution is 7.94. The van der Waals surface area contributed by atoms with E-state index in [0.717, 1.165) is 22.4 Å². The van der Waals surface area contributed by atoms with Crippen molar-refractivity contribution in [2.45, 2.75) is 37.0 Å². The highest BCUT2D eigenvalue weighted by atomic mass is 32.2. The van der Waals surface area contributed by atoms with Crippen molar-refractivity contribution in [3.05, 3.63) is 78.1 Å². The van der Waals surface area contributed by atoms with Crippen LogP contribution >= 0.6 is 0 Å². The molecule has 1 saturated carbocycles. The Labute approximate surface area is 188 Å². The predicted molar refractivity (Wildman–Crippen MR) is 124 cm³/mol. The van der Waals surface area contributed by atoms with Crippen molar-refractivity contribution in [2.75, 3.05) is 11.3 Å². The first-order valence-corrected chi connectivity index (χ1v) is 12.3. The lowest BCUT2D eigenvalue weighted by Crippen LogP contribution is -2.28. The Bertz CT molecular complexity index is 1240. The molecule has 5 rings (SSSR count). The maximum Gasteiger partial charge on any atom is 0.238 e. The van der Waals surface area contributed by atoms with Gasteiger partial charge in [-0.1, -0.05) is 36.4 Å². The van der Waals surface area contributed by atoms with Crippen LogP contribution in [0.15, 0.2) is 66.9 Å². The van der Waals surface area contributed by atoms with Crippen LogP contribution in [0.2, 0.25) is 0 Å². The maximum atomic E-state index is 12.8. The molecule has 2 aliphatic rings. The fourth-order valence-electron chi connectivity index (χ4n) is 4.11. The number of nitrogens with one attached hydrogen (secondary N) is 1. The van der Waals surface area contributed by atoms with Crippen LogP contribution in [-0.4, -0.2) is 29.9 Å². The molecule has 2 heterocycles. The number of anilines is 1. The summed E-state index contributed by atoms with van der Waals surface area (Å²) in [5.74, 6) is 0.542. The number of hydrogen-bond acceptors (Lipinski definition) is 5. The summed E-state index contributed by atoms with van der Waals surface area (Å²) in [5.41, 5.74) is 3.82. The van der Waals surface area contributed by atoms with Crippen molar-refractivity contribution in [2.24, 2.45) is 5.92 Å². The molecule has 0 radical (unpaired) electrons. The molecule has 32 heavy (non-hydrogen) atoms. The molecule has 2 unspecified atom stereocenters. The Hall–Kier alpha value is -2.90. The minimum Gasteiger partial charge on any atom is -0.493 e. The zero-order valence-corrected chi connectivity index (χ0v) is 18.7. The molecule has 0 spiro atoms. The summed E-state index contributed by atoms with van der Waals surface area (Å²) in [7, 11) is -3.46. The van der Waals surface area contributed by atoms with Crippen LogP contribution in [0.3, 0.4) is 0 Å². The molecule has 2 aromatic carbocycles. The molecule has 0 bridgehead atoms. The minimum atomic E-state index is -3.46. The summed E-state index contributed by atoms with van der Waals surface area (Å²) in [6, 6.07) is 18.8. The molecule has 1 aliphatic carbocycles. The first kappa shape index (κ1) is 21.0. The van der Waals surface area contributed by atoms with Crippen molar-refractivity contribution in [1.82, 2.24) is 4.98 Å². The molecule has 6 nitrogen and oxygen atoms in total. The van der Waals surface area contributed by atoms with E-state index in [1.54, 1.807) is 19.2 Å². The van der Waals surface area contributed by atoms with Crippen LogP contribution < -0.4 is 9.46 Å². The second-order valence-corrected chi connectivity index (χ2v) is 11.1. The molecule has 1 aliphatic heterocycles. The SMILES string of the molecule is CC1(S(=O)(=O)Nc2ccccc2-c2ccc3c(c2)OCC(Cc2ccccn2)C3O)CC1. The maximum absolute atomic E-state index is 12.8. The Morgan fingerprint density at radius 1 is 1.12 bits per heavy atom. The molecular formula is C25H26N2O4S. The van der Waals surface area contributed by atoms with E-state index < -0.39 is 20.9 Å². The van der Waals surface area contributed by atoms with Gasteiger partial charge >= 0.3 is 0 Å². The number of rotatable bonds is 6. The number of aliphatic hydroxyl groups is 1.